The highest BCUT2D eigenvalue weighted by molar-refractivity contribution is 5.88. The van der Waals surface area contributed by atoms with Gasteiger partial charge in [-0.3, -0.25) is 9.78 Å². The zero-order chi connectivity index (χ0) is 18.6. The maximum Gasteiger partial charge on any atom is 0.246 e. The van der Waals surface area contributed by atoms with Crippen molar-refractivity contribution < 1.29 is 4.79 Å². The Morgan fingerprint density at radius 3 is 2.89 bits per heavy atom. The predicted molar refractivity (Wildman–Crippen MR) is 108 cm³/mol. The topological polar surface area (TPSA) is 33.2 Å². The fourth-order valence-electron chi connectivity index (χ4n) is 7.06. The Kier molecular flexibility index (Phi) is 3.86. The predicted octanol–water partition coefficient (Wildman–Crippen LogP) is 4.86. The van der Waals surface area contributed by atoms with Gasteiger partial charge < -0.3 is 4.90 Å². The number of allylic oxidation sites excluding steroid dienone is 3. The quantitative estimate of drug-likeness (QED) is 0.715. The summed E-state index contributed by atoms with van der Waals surface area (Å²) in [5.41, 5.74) is 3.11. The van der Waals surface area contributed by atoms with Gasteiger partial charge in [-0.1, -0.05) is 25.1 Å². The molecule has 27 heavy (non-hydrogen) atoms. The second kappa shape index (κ2) is 6.05. The van der Waals surface area contributed by atoms with Crippen molar-refractivity contribution in [3.05, 3.63) is 48.3 Å². The van der Waals surface area contributed by atoms with Gasteiger partial charge in [0.15, 0.2) is 0 Å². The monoisotopic (exact) mass is 362 g/mol. The normalized spacial score (nSPS) is 40.7. The van der Waals surface area contributed by atoms with Crippen molar-refractivity contribution in [1.29, 1.82) is 0 Å². The molecule has 1 amide bonds. The molecule has 2 aliphatic heterocycles. The van der Waals surface area contributed by atoms with Crippen molar-refractivity contribution in [2.24, 2.45) is 23.2 Å². The molecule has 1 saturated heterocycles. The van der Waals surface area contributed by atoms with Gasteiger partial charge in [-0.2, -0.15) is 0 Å². The van der Waals surface area contributed by atoms with E-state index in [-0.39, 0.29) is 16.9 Å². The van der Waals surface area contributed by atoms with Crippen LogP contribution in [0.1, 0.15) is 57.9 Å². The Labute approximate surface area is 162 Å². The lowest BCUT2D eigenvalue weighted by atomic mass is 9.52. The van der Waals surface area contributed by atoms with E-state index in [9.17, 15) is 4.79 Å². The molecule has 5 atom stereocenters. The smallest absolute Gasteiger partial charge is 0.246 e. The summed E-state index contributed by atoms with van der Waals surface area (Å²) in [5, 5.41) is 0. The van der Waals surface area contributed by atoms with Gasteiger partial charge in [0, 0.05) is 24.5 Å². The van der Waals surface area contributed by atoms with Crippen LogP contribution in [0.5, 0.6) is 0 Å². The van der Waals surface area contributed by atoms with E-state index < -0.39 is 0 Å². The van der Waals surface area contributed by atoms with E-state index >= 15 is 0 Å². The molecule has 0 aromatic carbocycles. The lowest BCUT2D eigenvalue weighted by molar-refractivity contribution is -0.146. The summed E-state index contributed by atoms with van der Waals surface area (Å²) in [6, 6.07) is 4.28. The van der Waals surface area contributed by atoms with Crippen LogP contribution in [0.4, 0.5) is 0 Å². The van der Waals surface area contributed by atoms with Crippen molar-refractivity contribution in [1.82, 2.24) is 9.88 Å². The fourth-order valence-corrected chi connectivity index (χ4v) is 7.06. The highest BCUT2D eigenvalue weighted by atomic mass is 16.2. The van der Waals surface area contributed by atoms with E-state index in [0.29, 0.717) is 11.8 Å². The molecule has 0 unspecified atom stereocenters. The highest BCUT2D eigenvalue weighted by Crippen LogP contribution is 2.63. The summed E-state index contributed by atoms with van der Waals surface area (Å²) in [7, 11) is 0. The number of amides is 1. The summed E-state index contributed by atoms with van der Waals surface area (Å²) >= 11 is 0. The lowest BCUT2D eigenvalue weighted by Crippen LogP contribution is -2.62. The number of aromatic nitrogens is 1. The van der Waals surface area contributed by atoms with E-state index in [1.165, 1.54) is 30.4 Å². The van der Waals surface area contributed by atoms with E-state index in [1.54, 1.807) is 0 Å². The van der Waals surface area contributed by atoms with Crippen LogP contribution in [0.15, 0.2) is 42.8 Å². The third kappa shape index (κ3) is 2.40. The maximum atomic E-state index is 12.7. The number of carbonyl (C=O) groups is 1. The minimum atomic E-state index is 0.0296. The SMILES string of the molecule is C[C@]12CC[C@H]3[C@@H](CCN4C(=O)C=CCC[C@]34C)[C@@H]1CC=C2c1cccnc1. The Bertz CT molecular complexity index is 813. The molecule has 2 aliphatic carbocycles. The van der Waals surface area contributed by atoms with Crippen LogP contribution < -0.4 is 0 Å². The summed E-state index contributed by atoms with van der Waals surface area (Å²) in [6.07, 6.45) is 17.2. The Balaban J connectivity index is 1.47. The number of pyridine rings is 1. The van der Waals surface area contributed by atoms with Crippen LogP contribution in [0.3, 0.4) is 0 Å². The second-order valence-electron chi connectivity index (χ2n) is 9.50. The van der Waals surface area contributed by atoms with Gasteiger partial charge in [0.1, 0.15) is 0 Å². The van der Waals surface area contributed by atoms with Crippen molar-refractivity contribution >= 4 is 11.5 Å². The van der Waals surface area contributed by atoms with Gasteiger partial charge in [0.2, 0.25) is 5.91 Å². The molecule has 5 rings (SSSR count). The zero-order valence-corrected chi connectivity index (χ0v) is 16.5. The average Bonchev–Trinajstić information content (AvgIpc) is 2.95. The van der Waals surface area contributed by atoms with E-state index in [1.807, 2.05) is 18.5 Å². The van der Waals surface area contributed by atoms with Crippen LogP contribution >= 0.6 is 0 Å². The Hall–Kier alpha value is -1.90. The van der Waals surface area contributed by atoms with Gasteiger partial charge in [-0.05, 0) is 91.9 Å². The third-order valence-electron chi connectivity index (χ3n) is 8.44. The summed E-state index contributed by atoms with van der Waals surface area (Å²) in [5.74, 6) is 2.30. The zero-order valence-electron chi connectivity index (χ0n) is 16.5. The van der Waals surface area contributed by atoms with Crippen molar-refractivity contribution in [2.75, 3.05) is 6.54 Å². The molecule has 3 nitrogen and oxygen atoms in total. The molecule has 1 aromatic heterocycles. The van der Waals surface area contributed by atoms with Crippen LogP contribution in [0, 0.1) is 23.2 Å². The van der Waals surface area contributed by atoms with Crippen molar-refractivity contribution in [3.63, 3.8) is 0 Å². The number of hydrogen-bond acceptors (Lipinski definition) is 2. The molecular weight excluding hydrogens is 332 g/mol. The first-order valence-electron chi connectivity index (χ1n) is 10.6. The molecule has 3 heteroatoms. The lowest BCUT2D eigenvalue weighted by Gasteiger charge is -2.59. The summed E-state index contributed by atoms with van der Waals surface area (Å²) in [4.78, 5) is 19.3. The molecule has 0 N–H and O–H groups in total. The van der Waals surface area contributed by atoms with E-state index in [2.05, 4.69) is 48.0 Å². The van der Waals surface area contributed by atoms with Gasteiger partial charge >= 0.3 is 0 Å². The Morgan fingerprint density at radius 2 is 2.07 bits per heavy atom. The number of piperidine rings is 1. The average molecular weight is 363 g/mol. The molecule has 3 heterocycles. The number of fused-ring (bicyclic) bond motifs is 5. The summed E-state index contributed by atoms with van der Waals surface area (Å²) in [6.45, 7) is 5.80. The first-order chi connectivity index (χ1) is 13.0. The maximum absolute atomic E-state index is 12.7. The standard InChI is InChI=1S/C24H30N2O/c1-23-13-10-21-18(11-15-26-22(27)7-3-4-12-24(21,26)2)20(23)9-8-19(23)17-6-5-14-25-16-17/h3,5-8,14,16,18,20-21H,4,9-13,15H2,1-2H3/t18-,20-,21-,23+,24+/m0/s1. The first kappa shape index (κ1) is 17.2. The van der Waals surface area contributed by atoms with Crippen molar-refractivity contribution in [2.45, 2.75) is 57.9 Å². The molecule has 4 aliphatic rings. The van der Waals surface area contributed by atoms with Crippen molar-refractivity contribution in [3.8, 4) is 0 Å². The molecule has 0 radical (unpaired) electrons. The molecule has 0 spiro atoms. The Morgan fingerprint density at radius 1 is 1.19 bits per heavy atom. The van der Waals surface area contributed by atoms with Crippen LogP contribution in [0.25, 0.3) is 5.57 Å². The summed E-state index contributed by atoms with van der Waals surface area (Å²) < 4.78 is 0. The van der Waals surface area contributed by atoms with Gasteiger partial charge in [0.05, 0.1) is 0 Å². The molecule has 1 saturated carbocycles. The molecule has 1 aromatic rings. The largest absolute Gasteiger partial charge is 0.333 e. The molecule has 0 bridgehead atoms. The second-order valence-corrected chi connectivity index (χ2v) is 9.50. The number of nitrogens with zero attached hydrogens (tertiary/aromatic N) is 2. The number of rotatable bonds is 1. The minimum Gasteiger partial charge on any atom is -0.333 e. The van der Waals surface area contributed by atoms with E-state index in [0.717, 1.165) is 31.7 Å². The number of hydrogen-bond donors (Lipinski definition) is 0. The molecular formula is C24H30N2O. The van der Waals surface area contributed by atoms with Crippen LogP contribution in [0.2, 0.25) is 0 Å². The van der Waals surface area contributed by atoms with Gasteiger partial charge in [0.25, 0.3) is 0 Å². The van der Waals surface area contributed by atoms with Gasteiger partial charge in [-0.25, -0.2) is 0 Å². The first-order valence-corrected chi connectivity index (χ1v) is 10.6. The molecule has 2 fully saturated rings. The van der Waals surface area contributed by atoms with Crippen LogP contribution in [-0.4, -0.2) is 27.9 Å². The number of carbonyl (C=O) groups excluding carboxylic acids is 1. The highest BCUT2D eigenvalue weighted by Gasteiger charge is 2.58. The molecule has 142 valence electrons. The van der Waals surface area contributed by atoms with Crippen LogP contribution in [-0.2, 0) is 4.79 Å². The van der Waals surface area contributed by atoms with Gasteiger partial charge in [-0.15, -0.1) is 0 Å². The third-order valence-corrected chi connectivity index (χ3v) is 8.44. The minimum absolute atomic E-state index is 0.0296. The fraction of sp³-hybridized carbons (Fsp3) is 0.583. The van der Waals surface area contributed by atoms with E-state index in [4.69, 9.17) is 0 Å².